The van der Waals surface area contributed by atoms with E-state index in [0.717, 1.165) is 32.2 Å². The van der Waals surface area contributed by atoms with E-state index >= 15 is 0 Å². The predicted octanol–water partition coefficient (Wildman–Crippen LogP) is 2.64. The summed E-state index contributed by atoms with van der Waals surface area (Å²) in [7, 11) is -3.72. The summed E-state index contributed by atoms with van der Waals surface area (Å²) >= 11 is 0. The summed E-state index contributed by atoms with van der Waals surface area (Å²) in [6.45, 7) is 3.71. The molecule has 3 aliphatic rings. The van der Waals surface area contributed by atoms with Gasteiger partial charge in [0.05, 0.1) is 23.6 Å². The molecule has 0 aromatic heterocycles. The van der Waals surface area contributed by atoms with Gasteiger partial charge in [-0.2, -0.15) is 4.31 Å². The Morgan fingerprint density at radius 1 is 1.15 bits per heavy atom. The van der Waals surface area contributed by atoms with Crippen molar-refractivity contribution in [2.24, 2.45) is 5.92 Å². The summed E-state index contributed by atoms with van der Waals surface area (Å²) in [6, 6.07) is 6.54. The van der Waals surface area contributed by atoms with E-state index in [9.17, 15) is 13.2 Å². The molecule has 3 fully saturated rings. The molecular weight excluding hydrogens is 364 g/mol. The molecule has 0 N–H and O–H groups in total. The zero-order valence-corrected chi connectivity index (χ0v) is 16.7. The quantitative estimate of drug-likeness (QED) is 0.746. The Labute approximate surface area is 161 Å². The maximum absolute atomic E-state index is 13.4. The third-order valence-electron chi connectivity index (χ3n) is 6.08. The number of hydrogen-bond acceptors (Lipinski definition) is 4. The zero-order valence-electron chi connectivity index (χ0n) is 15.9. The fourth-order valence-corrected chi connectivity index (χ4v) is 6.24. The van der Waals surface area contributed by atoms with Gasteiger partial charge in [-0.05, 0) is 62.8 Å². The van der Waals surface area contributed by atoms with Crippen LogP contribution in [0.1, 0.15) is 45.4 Å². The van der Waals surface area contributed by atoms with Crippen molar-refractivity contribution >= 4 is 15.9 Å². The minimum Gasteiger partial charge on any atom is -0.494 e. The molecule has 0 radical (unpaired) electrons. The van der Waals surface area contributed by atoms with E-state index < -0.39 is 15.6 Å². The first-order valence-electron chi connectivity index (χ1n) is 9.98. The van der Waals surface area contributed by atoms with Crippen molar-refractivity contribution in [1.82, 2.24) is 9.21 Å². The number of carbonyl (C=O) groups is 1. The van der Waals surface area contributed by atoms with Gasteiger partial charge in [0.1, 0.15) is 5.75 Å². The summed E-state index contributed by atoms with van der Waals surface area (Å²) in [5.41, 5.74) is -0.444. The van der Waals surface area contributed by atoms with Gasteiger partial charge in [-0.25, -0.2) is 8.42 Å². The number of carbonyl (C=O) groups excluding carboxylic acids is 1. The van der Waals surface area contributed by atoms with Gasteiger partial charge in [0.2, 0.25) is 15.9 Å². The van der Waals surface area contributed by atoms with E-state index in [4.69, 9.17) is 4.74 Å². The molecular formula is C20H28N2O4S. The van der Waals surface area contributed by atoms with Crippen molar-refractivity contribution in [2.75, 3.05) is 26.2 Å². The maximum atomic E-state index is 13.4. The predicted molar refractivity (Wildman–Crippen MR) is 102 cm³/mol. The number of rotatable bonds is 6. The van der Waals surface area contributed by atoms with Crippen molar-refractivity contribution in [2.45, 2.75) is 55.9 Å². The number of ether oxygens (including phenoxy) is 1. The Balaban J connectivity index is 1.62. The highest BCUT2D eigenvalue weighted by molar-refractivity contribution is 7.89. The van der Waals surface area contributed by atoms with E-state index in [1.165, 1.54) is 17.1 Å². The van der Waals surface area contributed by atoms with Crippen LogP contribution >= 0.6 is 0 Å². The molecule has 4 rings (SSSR count). The topological polar surface area (TPSA) is 66.9 Å². The third kappa shape index (κ3) is 3.59. The number of hydrogen-bond donors (Lipinski definition) is 0. The van der Waals surface area contributed by atoms with Crippen molar-refractivity contribution < 1.29 is 17.9 Å². The molecule has 0 unspecified atom stereocenters. The summed E-state index contributed by atoms with van der Waals surface area (Å²) in [5.74, 6) is 1.20. The molecule has 1 saturated heterocycles. The lowest BCUT2D eigenvalue weighted by Crippen LogP contribution is -2.64. The Morgan fingerprint density at radius 3 is 2.41 bits per heavy atom. The maximum Gasteiger partial charge on any atom is 0.244 e. The largest absolute Gasteiger partial charge is 0.494 e. The fraction of sp³-hybridized carbons (Fsp3) is 0.650. The summed E-state index contributed by atoms with van der Waals surface area (Å²) < 4.78 is 33.8. The van der Waals surface area contributed by atoms with Crippen molar-refractivity contribution in [1.29, 1.82) is 0 Å². The first-order chi connectivity index (χ1) is 12.9. The van der Waals surface area contributed by atoms with Gasteiger partial charge in [0, 0.05) is 13.1 Å². The summed E-state index contributed by atoms with van der Waals surface area (Å²) in [4.78, 5) is 14.9. The second kappa shape index (κ2) is 7.09. The third-order valence-corrected chi connectivity index (χ3v) is 8.04. The Morgan fingerprint density at radius 2 is 1.81 bits per heavy atom. The summed E-state index contributed by atoms with van der Waals surface area (Å²) in [5, 5.41) is 0. The normalized spacial score (nSPS) is 23.1. The minimum atomic E-state index is -3.72. The molecule has 1 aromatic rings. The lowest BCUT2D eigenvalue weighted by atomic mass is 9.94. The van der Waals surface area contributed by atoms with Crippen LogP contribution in [0.3, 0.4) is 0 Å². The Hall–Kier alpha value is -1.60. The van der Waals surface area contributed by atoms with Gasteiger partial charge < -0.3 is 9.64 Å². The smallest absolute Gasteiger partial charge is 0.244 e. The fourth-order valence-electron chi connectivity index (χ4n) is 4.47. The molecule has 27 heavy (non-hydrogen) atoms. The molecule has 1 aliphatic heterocycles. The molecule has 0 atom stereocenters. The molecule has 7 heteroatoms. The second-order valence-corrected chi connectivity index (χ2v) is 9.93. The average Bonchev–Trinajstić information content (AvgIpc) is 3.35. The molecule has 1 spiro atoms. The first kappa shape index (κ1) is 18.7. The van der Waals surface area contributed by atoms with Gasteiger partial charge in [-0.15, -0.1) is 0 Å². The molecule has 1 aromatic carbocycles. The number of nitrogens with zero attached hydrogens (tertiary/aromatic N) is 2. The van der Waals surface area contributed by atoms with Gasteiger partial charge in [-0.1, -0.05) is 12.8 Å². The molecule has 1 heterocycles. The van der Waals surface area contributed by atoms with Crippen LogP contribution in [0.15, 0.2) is 29.2 Å². The number of amides is 1. The zero-order chi connectivity index (χ0) is 19.1. The van der Waals surface area contributed by atoms with E-state index in [0.29, 0.717) is 24.8 Å². The Kier molecular flexibility index (Phi) is 4.93. The lowest BCUT2D eigenvalue weighted by molar-refractivity contribution is -0.139. The van der Waals surface area contributed by atoms with Gasteiger partial charge in [-0.3, -0.25) is 4.79 Å². The van der Waals surface area contributed by atoms with Crippen LogP contribution in [0, 0.1) is 5.92 Å². The second-order valence-electron chi connectivity index (χ2n) is 8.07. The first-order valence-corrected chi connectivity index (χ1v) is 11.4. The molecule has 1 amide bonds. The number of benzene rings is 1. The van der Waals surface area contributed by atoms with E-state index in [1.807, 2.05) is 11.8 Å². The minimum absolute atomic E-state index is 0.0394. The standard InChI is InChI=1S/C20H28N2O4S/c1-2-26-17-7-9-18(10-8-17)27(24,25)22-14-19(23)21(13-16-5-6-16)15-20(22)11-3-4-12-20/h7-10,16H,2-6,11-15H2,1H3. The van der Waals surface area contributed by atoms with Crippen molar-refractivity contribution in [3.63, 3.8) is 0 Å². The van der Waals surface area contributed by atoms with Crippen molar-refractivity contribution in [3.05, 3.63) is 24.3 Å². The van der Waals surface area contributed by atoms with Crippen LogP contribution in [0.4, 0.5) is 0 Å². The monoisotopic (exact) mass is 392 g/mol. The van der Waals surface area contributed by atoms with Crippen LogP contribution < -0.4 is 4.74 Å². The van der Waals surface area contributed by atoms with Crippen LogP contribution in [0.2, 0.25) is 0 Å². The molecule has 2 saturated carbocycles. The van der Waals surface area contributed by atoms with Crippen LogP contribution in [-0.4, -0.2) is 55.3 Å². The average molecular weight is 393 g/mol. The number of piperazine rings is 1. The van der Waals surface area contributed by atoms with Gasteiger partial charge >= 0.3 is 0 Å². The van der Waals surface area contributed by atoms with E-state index in [2.05, 4.69) is 0 Å². The molecule has 0 bridgehead atoms. The van der Waals surface area contributed by atoms with Crippen LogP contribution in [-0.2, 0) is 14.8 Å². The van der Waals surface area contributed by atoms with Crippen molar-refractivity contribution in [3.8, 4) is 5.75 Å². The van der Waals surface area contributed by atoms with Gasteiger partial charge in [0.25, 0.3) is 0 Å². The van der Waals surface area contributed by atoms with Crippen LogP contribution in [0.25, 0.3) is 0 Å². The molecule has 2 aliphatic carbocycles. The van der Waals surface area contributed by atoms with Crippen LogP contribution in [0.5, 0.6) is 5.75 Å². The summed E-state index contributed by atoms with van der Waals surface area (Å²) in [6.07, 6.45) is 6.06. The molecule has 148 valence electrons. The lowest BCUT2D eigenvalue weighted by Gasteiger charge is -2.47. The van der Waals surface area contributed by atoms with Gasteiger partial charge in [0.15, 0.2) is 0 Å². The highest BCUT2D eigenvalue weighted by atomic mass is 32.2. The Bertz CT molecular complexity index is 796. The number of sulfonamides is 1. The van der Waals surface area contributed by atoms with E-state index in [1.54, 1.807) is 24.3 Å². The highest BCUT2D eigenvalue weighted by Gasteiger charge is 2.52. The highest BCUT2D eigenvalue weighted by Crippen LogP contribution is 2.42. The SMILES string of the molecule is CCOc1ccc(S(=O)(=O)N2CC(=O)N(CC3CC3)CC23CCCC3)cc1. The van der Waals surface area contributed by atoms with E-state index in [-0.39, 0.29) is 17.3 Å². The molecule has 6 nitrogen and oxygen atoms in total.